The van der Waals surface area contributed by atoms with E-state index in [0.717, 1.165) is 10.6 Å². The average molecular weight is 485 g/mol. The molecule has 0 aliphatic carbocycles. The Morgan fingerprint density at radius 1 is 1.06 bits per heavy atom. The molecule has 1 fully saturated rings. The highest BCUT2D eigenvalue weighted by Crippen LogP contribution is 2.45. The SMILES string of the molecule is COc1ccc([C@@H]2C(=C(O)c3ccc(Cl)cc3)C(=O)C(=O)N2c2nc(C)c(C)s2)cc1OC. The second kappa shape index (κ2) is 8.88. The number of benzene rings is 2. The van der Waals surface area contributed by atoms with Crippen molar-refractivity contribution in [3.8, 4) is 11.5 Å². The van der Waals surface area contributed by atoms with Crippen molar-refractivity contribution in [1.29, 1.82) is 0 Å². The van der Waals surface area contributed by atoms with Crippen molar-refractivity contribution in [1.82, 2.24) is 4.98 Å². The van der Waals surface area contributed by atoms with Crippen LogP contribution in [0.1, 0.15) is 27.7 Å². The monoisotopic (exact) mass is 484 g/mol. The van der Waals surface area contributed by atoms with Gasteiger partial charge >= 0.3 is 5.91 Å². The number of hydrogen-bond acceptors (Lipinski definition) is 7. The molecule has 1 N–H and O–H groups in total. The first-order valence-corrected chi connectivity index (χ1v) is 11.2. The maximum atomic E-state index is 13.2. The van der Waals surface area contributed by atoms with E-state index in [1.54, 1.807) is 42.5 Å². The lowest BCUT2D eigenvalue weighted by molar-refractivity contribution is -0.132. The van der Waals surface area contributed by atoms with Gasteiger partial charge in [-0.2, -0.15) is 0 Å². The third kappa shape index (κ3) is 3.96. The van der Waals surface area contributed by atoms with Crippen LogP contribution < -0.4 is 14.4 Å². The summed E-state index contributed by atoms with van der Waals surface area (Å²) in [5.41, 5.74) is 1.66. The summed E-state index contributed by atoms with van der Waals surface area (Å²) < 4.78 is 10.8. The average Bonchev–Trinajstić information content (AvgIpc) is 3.28. The molecule has 7 nitrogen and oxygen atoms in total. The van der Waals surface area contributed by atoms with Gasteiger partial charge in [-0.1, -0.05) is 17.7 Å². The lowest BCUT2D eigenvalue weighted by Gasteiger charge is -2.23. The van der Waals surface area contributed by atoms with Crippen LogP contribution in [0.2, 0.25) is 5.02 Å². The smallest absolute Gasteiger partial charge is 0.301 e. The minimum atomic E-state index is -0.912. The molecule has 1 aliphatic rings. The highest BCUT2D eigenvalue weighted by atomic mass is 35.5. The topological polar surface area (TPSA) is 89.0 Å². The largest absolute Gasteiger partial charge is 0.507 e. The highest BCUT2D eigenvalue weighted by molar-refractivity contribution is 7.16. The maximum Gasteiger partial charge on any atom is 0.301 e. The quantitative estimate of drug-likeness (QED) is 0.309. The summed E-state index contributed by atoms with van der Waals surface area (Å²) >= 11 is 7.28. The Morgan fingerprint density at radius 3 is 2.30 bits per heavy atom. The minimum absolute atomic E-state index is 0.0416. The molecule has 2 aromatic carbocycles. The van der Waals surface area contributed by atoms with E-state index in [2.05, 4.69) is 4.98 Å². The maximum absolute atomic E-state index is 13.2. The molecule has 1 amide bonds. The third-order valence-corrected chi connectivity index (χ3v) is 6.83. The number of halogens is 1. The van der Waals surface area contributed by atoms with E-state index in [9.17, 15) is 14.7 Å². The van der Waals surface area contributed by atoms with E-state index < -0.39 is 17.7 Å². The number of anilines is 1. The molecule has 1 saturated heterocycles. The van der Waals surface area contributed by atoms with Gasteiger partial charge < -0.3 is 14.6 Å². The molecule has 2 heterocycles. The fourth-order valence-corrected chi connectivity index (χ4v) is 4.75. The number of hydrogen-bond donors (Lipinski definition) is 1. The van der Waals surface area contributed by atoms with Crippen molar-refractivity contribution in [3.05, 3.63) is 74.8 Å². The second-order valence-electron chi connectivity index (χ2n) is 7.43. The van der Waals surface area contributed by atoms with Crippen LogP contribution in [0, 0.1) is 13.8 Å². The van der Waals surface area contributed by atoms with E-state index in [4.69, 9.17) is 21.1 Å². The van der Waals surface area contributed by atoms with Crippen molar-refractivity contribution < 1.29 is 24.2 Å². The van der Waals surface area contributed by atoms with Crippen molar-refractivity contribution >= 4 is 45.5 Å². The van der Waals surface area contributed by atoms with E-state index in [-0.39, 0.29) is 11.3 Å². The Bertz CT molecular complexity index is 1260. The summed E-state index contributed by atoms with van der Waals surface area (Å²) in [5, 5.41) is 12.0. The molecular weight excluding hydrogens is 464 g/mol. The zero-order chi connectivity index (χ0) is 23.9. The lowest BCUT2D eigenvalue weighted by atomic mass is 9.95. The number of carbonyl (C=O) groups excluding carboxylic acids is 2. The molecule has 3 aromatic rings. The molecule has 9 heteroatoms. The molecule has 0 unspecified atom stereocenters. The van der Waals surface area contributed by atoms with Crippen LogP contribution in [0.3, 0.4) is 0 Å². The summed E-state index contributed by atoms with van der Waals surface area (Å²) in [4.78, 5) is 33.2. The number of ether oxygens (including phenoxy) is 2. The molecular formula is C24H21ClN2O5S. The van der Waals surface area contributed by atoms with Gasteiger partial charge in [0.2, 0.25) is 0 Å². The first-order valence-electron chi connectivity index (χ1n) is 9.99. The van der Waals surface area contributed by atoms with Crippen LogP contribution in [-0.4, -0.2) is 36.0 Å². The molecule has 0 bridgehead atoms. The zero-order valence-electron chi connectivity index (χ0n) is 18.4. The Balaban J connectivity index is 1.97. The van der Waals surface area contributed by atoms with Crippen LogP contribution >= 0.6 is 22.9 Å². The van der Waals surface area contributed by atoms with Crippen LogP contribution in [0.4, 0.5) is 5.13 Å². The van der Waals surface area contributed by atoms with Gasteiger partial charge in [-0.15, -0.1) is 11.3 Å². The molecule has 170 valence electrons. The number of aromatic nitrogens is 1. The Labute approximate surface area is 199 Å². The summed E-state index contributed by atoms with van der Waals surface area (Å²) in [6.45, 7) is 3.73. The molecule has 1 atom stereocenters. The predicted molar refractivity (Wildman–Crippen MR) is 127 cm³/mol. The second-order valence-corrected chi connectivity index (χ2v) is 9.05. The fourth-order valence-electron chi connectivity index (χ4n) is 3.69. The van der Waals surface area contributed by atoms with Crippen LogP contribution in [0.25, 0.3) is 5.76 Å². The summed E-state index contributed by atoms with van der Waals surface area (Å²) in [6, 6.07) is 10.6. The van der Waals surface area contributed by atoms with Crippen molar-refractivity contribution in [2.75, 3.05) is 19.1 Å². The van der Waals surface area contributed by atoms with Crippen LogP contribution in [0.15, 0.2) is 48.0 Å². The van der Waals surface area contributed by atoms with Gasteiger partial charge in [0.05, 0.1) is 31.5 Å². The summed E-state index contributed by atoms with van der Waals surface area (Å²) in [7, 11) is 3.02. The Hall–Kier alpha value is -3.36. The molecule has 0 radical (unpaired) electrons. The van der Waals surface area contributed by atoms with Gasteiger partial charge in [0, 0.05) is 15.5 Å². The number of Topliss-reactive ketones (excluding diaryl/α,β-unsaturated/α-hetero) is 1. The van der Waals surface area contributed by atoms with Gasteiger partial charge in [0.25, 0.3) is 5.78 Å². The number of aryl methyl sites for hydroxylation is 2. The van der Waals surface area contributed by atoms with E-state index in [1.165, 1.54) is 30.5 Å². The Kier molecular flexibility index (Phi) is 6.14. The van der Waals surface area contributed by atoms with Gasteiger partial charge in [0.1, 0.15) is 5.76 Å². The van der Waals surface area contributed by atoms with Gasteiger partial charge in [-0.25, -0.2) is 4.98 Å². The van der Waals surface area contributed by atoms with Crippen molar-refractivity contribution in [2.45, 2.75) is 19.9 Å². The number of rotatable bonds is 5. The molecule has 0 spiro atoms. The van der Waals surface area contributed by atoms with Crippen LogP contribution in [0.5, 0.6) is 11.5 Å². The van der Waals surface area contributed by atoms with E-state index in [1.807, 2.05) is 13.8 Å². The van der Waals surface area contributed by atoms with Crippen molar-refractivity contribution in [3.63, 3.8) is 0 Å². The predicted octanol–water partition coefficient (Wildman–Crippen LogP) is 5.06. The number of amides is 1. The number of ketones is 1. The summed E-state index contributed by atoms with van der Waals surface area (Å²) in [6.07, 6.45) is 0. The molecule has 33 heavy (non-hydrogen) atoms. The standard InChI is InChI=1S/C24H21ClN2O5S/c1-12-13(2)33-24(26-12)27-20(15-7-10-17(31-3)18(11-15)32-4)19(22(29)23(27)30)21(28)14-5-8-16(25)9-6-14/h5-11,20,28H,1-4H3/t20-/m1/s1. The minimum Gasteiger partial charge on any atom is -0.507 e. The summed E-state index contributed by atoms with van der Waals surface area (Å²) in [5.74, 6) is -0.931. The number of aliphatic hydroxyl groups excluding tert-OH is 1. The molecule has 1 aromatic heterocycles. The molecule has 1 aliphatic heterocycles. The lowest BCUT2D eigenvalue weighted by Crippen LogP contribution is -2.29. The molecule has 4 rings (SSSR count). The molecule has 0 saturated carbocycles. The first-order chi connectivity index (χ1) is 15.8. The Morgan fingerprint density at radius 2 is 1.73 bits per heavy atom. The number of aliphatic hydroxyl groups is 1. The number of methoxy groups -OCH3 is 2. The van der Waals surface area contributed by atoms with Crippen molar-refractivity contribution in [2.24, 2.45) is 0 Å². The van der Waals surface area contributed by atoms with E-state index >= 15 is 0 Å². The van der Waals surface area contributed by atoms with Gasteiger partial charge in [-0.3, -0.25) is 14.5 Å². The van der Waals surface area contributed by atoms with E-state index in [0.29, 0.717) is 32.8 Å². The number of carbonyl (C=O) groups is 2. The number of nitrogens with zero attached hydrogens (tertiary/aromatic N) is 2. The van der Waals surface area contributed by atoms with Gasteiger partial charge in [0.15, 0.2) is 16.6 Å². The fraction of sp³-hybridized carbons (Fsp3) is 0.208. The highest BCUT2D eigenvalue weighted by Gasteiger charge is 2.48. The third-order valence-electron chi connectivity index (χ3n) is 5.51. The zero-order valence-corrected chi connectivity index (χ0v) is 20.0. The normalized spacial score (nSPS) is 17.5. The van der Waals surface area contributed by atoms with Gasteiger partial charge in [-0.05, 0) is 55.8 Å². The van der Waals surface area contributed by atoms with Crippen LogP contribution in [-0.2, 0) is 9.59 Å². The first kappa shape index (κ1) is 22.8. The number of thiazole rings is 1.